The fourth-order valence-corrected chi connectivity index (χ4v) is 3.44. The molecule has 2 aromatic rings. The number of aliphatic hydroxyl groups is 1. The fraction of sp³-hybridized carbons (Fsp3) is 0.400. The van der Waals surface area contributed by atoms with Gasteiger partial charge in [-0.05, 0) is 29.8 Å². The molecule has 0 amide bonds. The van der Waals surface area contributed by atoms with Gasteiger partial charge in [0.2, 0.25) is 0 Å². The van der Waals surface area contributed by atoms with Crippen molar-refractivity contribution in [1.82, 2.24) is 0 Å². The number of rotatable bonds is 8. The summed E-state index contributed by atoms with van der Waals surface area (Å²) >= 11 is 3.39. The minimum absolute atomic E-state index is 0.356. The van der Waals surface area contributed by atoms with Gasteiger partial charge in [-0.15, -0.1) is 0 Å². The van der Waals surface area contributed by atoms with Crippen LogP contribution in [0.1, 0.15) is 11.1 Å². The van der Waals surface area contributed by atoms with Crippen molar-refractivity contribution in [3.05, 3.63) is 64.1 Å². The van der Waals surface area contributed by atoms with Crippen LogP contribution >= 0.6 is 15.9 Å². The van der Waals surface area contributed by atoms with Crippen molar-refractivity contribution in [1.29, 1.82) is 0 Å². The lowest BCUT2D eigenvalue weighted by molar-refractivity contribution is -0.919. The van der Waals surface area contributed by atoms with Gasteiger partial charge >= 0.3 is 0 Å². The van der Waals surface area contributed by atoms with Gasteiger partial charge in [0.15, 0.2) is 0 Å². The molecule has 2 atom stereocenters. The summed E-state index contributed by atoms with van der Waals surface area (Å²) in [4.78, 5) is 1.42. The van der Waals surface area contributed by atoms with Crippen LogP contribution in [0.5, 0.6) is 5.75 Å². The molecule has 0 bridgehead atoms. The standard InChI is InChI=1S/C20H24BrNO3/c21-18-5-7-20(8-6-18)25-12-11-24-15-19(23)14-22-10-9-16-3-1-2-4-17(16)13-22/h1-8,19,23H,9-15H2/p+1/t19-/m1/s1. The number of hydrogen-bond donors (Lipinski definition) is 2. The zero-order chi connectivity index (χ0) is 17.5. The van der Waals surface area contributed by atoms with E-state index >= 15 is 0 Å². The Kier molecular flexibility index (Phi) is 6.87. The molecule has 2 N–H and O–H groups in total. The molecular weight excluding hydrogens is 382 g/mol. The van der Waals surface area contributed by atoms with E-state index in [1.54, 1.807) is 0 Å². The van der Waals surface area contributed by atoms with E-state index in [4.69, 9.17) is 9.47 Å². The molecule has 134 valence electrons. The first-order valence-corrected chi connectivity index (χ1v) is 9.54. The summed E-state index contributed by atoms with van der Waals surface area (Å²) in [7, 11) is 0. The van der Waals surface area contributed by atoms with Crippen molar-refractivity contribution in [2.75, 3.05) is 32.9 Å². The second-order valence-electron chi connectivity index (χ2n) is 6.43. The van der Waals surface area contributed by atoms with Crippen LogP contribution in [0.4, 0.5) is 0 Å². The van der Waals surface area contributed by atoms with Gasteiger partial charge in [-0.25, -0.2) is 0 Å². The van der Waals surface area contributed by atoms with Gasteiger partial charge in [0.1, 0.15) is 31.5 Å². The number of ether oxygens (including phenoxy) is 2. The molecule has 0 fully saturated rings. The zero-order valence-electron chi connectivity index (χ0n) is 14.3. The van der Waals surface area contributed by atoms with Crippen molar-refractivity contribution < 1.29 is 19.5 Å². The number of nitrogens with one attached hydrogen (secondary N) is 1. The topological polar surface area (TPSA) is 43.1 Å². The SMILES string of the molecule is O[C@@H](COCCOc1ccc(Br)cc1)C[NH+]1CCc2ccccc2C1. The second-order valence-corrected chi connectivity index (χ2v) is 7.35. The van der Waals surface area contributed by atoms with E-state index in [-0.39, 0.29) is 0 Å². The summed E-state index contributed by atoms with van der Waals surface area (Å²) in [5, 5.41) is 10.2. The first kappa shape index (κ1) is 18.4. The Bertz CT molecular complexity index is 662. The van der Waals surface area contributed by atoms with Crippen LogP contribution < -0.4 is 9.64 Å². The van der Waals surface area contributed by atoms with Crippen molar-refractivity contribution in [2.45, 2.75) is 19.1 Å². The van der Waals surface area contributed by atoms with E-state index in [1.807, 2.05) is 24.3 Å². The van der Waals surface area contributed by atoms with Crippen molar-refractivity contribution in [3.8, 4) is 5.75 Å². The van der Waals surface area contributed by atoms with Gasteiger partial charge in [-0.3, -0.25) is 0 Å². The Morgan fingerprint density at radius 1 is 1.04 bits per heavy atom. The molecule has 3 rings (SSSR count). The molecule has 1 heterocycles. The highest BCUT2D eigenvalue weighted by atomic mass is 79.9. The third-order valence-electron chi connectivity index (χ3n) is 4.45. The average molecular weight is 407 g/mol. The average Bonchev–Trinajstić information content (AvgIpc) is 2.63. The normalized spacial score (nSPS) is 17.8. The molecule has 2 aromatic carbocycles. The van der Waals surface area contributed by atoms with E-state index in [0.717, 1.165) is 36.3 Å². The van der Waals surface area contributed by atoms with Gasteiger partial charge < -0.3 is 19.5 Å². The monoisotopic (exact) mass is 406 g/mol. The van der Waals surface area contributed by atoms with E-state index in [9.17, 15) is 5.11 Å². The lowest BCUT2D eigenvalue weighted by atomic mass is 10.00. The Morgan fingerprint density at radius 3 is 2.60 bits per heavy atom. The molecule has 5 heteroatoms. The number of benzene rings is 2. The molecule has 0 aliphatic carbocycles. The minimum atomic E-state index is -0.437. The quantitative estimate of drug-likeness (QED) is 0.657. The minimum Gasteiger partial charge on any atom is -0.491 e. The van der Waals surface area contributed by atoms with Gasteiger partial charge in [0, 0.05) is 16.5 Å². The van der Waals surface area contributed by atoms with E-state index in [0.29, 0.717) is 19.8 Å². The smallest absolute Gasteiger partial charge is 0.126 e. The Morgan fingerprint density at radius 2 is 1.80 bits per heavy atom. The van der Waals surface area contributed by atoms with Crippen molar-refractivity contribution in [2.24, 2.45) is 0 Å². The summed E-state index contributed by atoms with van der Waals surface area (Å²) in [5.41, 5.74) is 2.85. The number of hydrogen-bond acceptors (Lipinski definition) is 3. The maximum atomic E-state index is 10.2. The maximum absolute atomic E-state index is 10.2. The van der Waals surface area contributed by atoms with Crippen LogP contribution in [-0.2, 0) is 17.7 Å². The summed E-state index contributed by atoms with van der Waals surface area (Å²) in [6.07, 6.45) is 0.646. The van der Waals surface area contributed by atoms with Crippen LogP contribution in [-0.4, -0.2) is 44.1 Å². The predicted molar refractivity (Wildman–Crippen MR) is 101 cm³/mol. The molecule has 25 heavy (non-hydrogen) atoms. The summed E-state index contributed by atoms with van der Waals surface area (Å²) in [6.45, 7) is 4.10. The third-order valence-corrected chi connectivity index (χ3v) is 4.98. The molecule has 1 unspecified atom stereocenters. The van der Waals surface area contributed by atoms with Gasteiger partial charge in [0.05, 0.1) is 19.8 Å². The van der Waals surface area contributed by atoms with Crippen LogP contribution in [0.3, 0.4) is 0 Å². The zero-order valence-corrected chi connectivity index (χ0v) is 15.9. The molecule has 0 saturated carbocycles. The van der Waals surface area contributed by atoms with E-state index < -0.39 is 6.10 Å². The third kappa shape index (κ3) is 5.82. The lowest BCUT2D eigenvalue weighted by Gasteiger charge is -2.27. The highest BCUT2D eigenvalue weighted by Crippen LogP contribution is 2.15. The predicted octanol–water partition coefficient (Wildman–Crippen LogP) is 1.85. The number of halogens is 1. The molecule has 0 spiro atoms. The van der Waals surface area contributed by atoms with Crippen molar-refractivity contribution >= 4 is 15.9 Å². The summed E-state index contributed by atoms with van der Waals surface area (Å²) in [5.74, 6) is 0.823. The highest BCUT2D eigenvalue weighted by molar-refractivity contribution is 9.10. The molecule has 0 aromatic heterocycles. The first-order valence-electron chi connectivity index (χ1n) is 8.75. The number of aliphatic hydroxyl groups excluding tert-OH is 1. The maximum Gasteiger partial charge on any atom is 0.126 e. The van der Waals surface area contributed by atoms with E-state index in [2.05, 4.69) is 40.2 Å². The number of quaternary nitrogens is 1. The van der Waals surface area contributed by atoms with Gasteiger partial charge in [0.25, 0.3) is 0 Å². The summed E-state index contributed by atoms with van der Waals surface area (Å²) in [6, 6.07) is 16.3. The lowest BCUT2D eigenvalue weighted by Crippen LogP contribution is -3.12. The molecular formula is C20H25BrNO3+. The molecule has 1 aliphatic rings. The van der Waals surface area contributed by atoms with Gasteiger partial charge in [-0.1, -0.05) is 40.2 Å². The van der Waals surface area contributed by atoms with Crippen LogP contribution in [0.25, 0.3) is 0 Å². The first-order chi connectivity index (χ1) is 12.2. The molecule has 0 radical (unpaired) electrons. The van der Waals surface area contributed by atoms with Crippen LogP contribution in [0.15, 0.2) is 53.0 Å². The van der Waals surface area contributed by atoms with E-state index in [1.165, 1.54) is 16.0 Å². The highest BCUT2D eigenvalue weighted by Gasteiger charge is 2.21. The Hall–Kier alpha value is -1.40. The Balaban J connectivity index is 1.31. The van der Waals surface area contributed by atoms with Crippen LogP contribution in [0, 0.1) is 0 Å². The summed E-state index contributed by atoms with van der Waals surface area (Å²) < 4.78 is 12.2. The Labute approximate surface area is 157 Å². The van der Waals surface area contributed by atoms with Crippen LogP contribution in [0.2, 0.25) is 0 Å². The largest absolute Gasteiger partial charge is 0.491 e. The second kappa shape index (κ2) is 9.34. The van der Waals surface area contributed by atoms with Crippen molar-refractivity contribution in [3.63, 3.8) is 0 Å². The molecule has 4 nitrogen and oxygen atoms in total. The molecule has 1 aliphatic heterocycles. The fourth-order valence-electron chi connectivity index (χ4n) is 3.18. The number of fused-ring (bicyclic) bond motifs is 1. The molecule has 0 saturated heterocycles. The van der Waals surface area contributed by atoms with Gasteiger partial charge in [-0.2, -0.15) is 0 Å².